The van der Waals surface area contributed by atoms with Crippen LogP contribution in [-0.4, -0.2) is 195 Å². The van der Waals surface area contributed by atoms with E-state index in [2.05, 4.69) is 84.9 Å². The van der Waals surface area contributed by atoms with Gasteiger partial charge in [-0.2, -0.15) is 20.4 Å². The van der Waals surface area contributed by atoms with Crippen molar-refractivity contribution in [2.24, 2.45) is 0 Å². The molecule has 2 unspecified atom stereocenters. The molecule has 540 valence electrons. The molecule has 13 heterocycles. The maximum absolute atomic E-state index is 12.2. The second kappa shape index (κ2) is 30.3. The van der Waals surface area contributed by atoms with Gasteiger partial charge in [-0.15, -0.1) is 0 Å². The molecule has 3 fully saturated rings. The molecule has 0 spiro atoms. The fourth-order valence-electron chi connectivity index (χ4n) is 11.1. The van der Waals surface area contributed by atoms with Crippen LogP contribution in [0, 0.1) is 3.57 Å². The van der Waals surface area contributed by atoms with E-state index in [1.807, 2.05) is 168 Å². The fourth-order valence-corrected chi connectivity index (χ4v) is 12.4. The molecule has 5 aliphatic heterocycles. The highest BCUT2D eigenvalue weighted by atomic mass is 127. The topological polar surface area (TPSA) is 361 Å². The Morgan fingerprint density at radius 2 is 0.930 bits per heavy atom. The van der Waals surface area contributed by atoms with Gasteiger partial charge < -0.3 is 70.8 Å². The molecule has 0 aliphatic carbocycles. The van der Waals surface area contributed by atoms with Crippen LogP contribution in [0.3, 0.4) is 0 Å². The number of likely N-dealkylation sites (tertiary alicyclic amines) is 2. The number of carbonyl (C=O) groups is 4. The number of rotatable bonds is 4. The Labute approximate surface area is 605 Å². The molecule has 0 radical (unpaired) electrons. The minimum atomic E-state index is -0.497. The van der Waals surface area contributed by atoms with Gasteiger partial charge in [-0.05, 0) is 216 Å². The molecule has 8 N–H and O–H groups in total. The average molecular weight is 1560 g/mol. The molecule has 0 aromatic carbocycles. The Kier molecular flexibility index (Phi) is 23.4. The summed E-state index contributed by atoms with van der Waals surface area (Å²) in [6.45, 7) is 35.2. The van der Waals surface area contributed by atoms with Crippen molar-refractivity contribution in [3.8, 4) is 0 Å². The predicted molar refractivity (Wildman–Crippen MR) is 395 cm³/mol. The lowest BCUT2D eigenvalue weighted by Crippen LogP contribution is -2.41. The Hall–Kier alpha value is -8.57. The van der Waals surface area contributed by atoms with Crippen molar-refractivity contribution < 1.29 is 47.4 Å². The minimum Gasteiger partial charge on any atom is -0.444 e. The highest BCUT2D eigenvalue weighted by Gasteiger charge is 2.53. The highest BCUT2D eigenvalue weighted by Crippen LogP contribution is 2.40. The van der Waals surface area contributed by atoms with E-state index < -0.39 is 22.4 Å². The Balaban J connectivity index is 0.000000161. The number of ether oxygens (including phenoxy) is 4. The van der Waals surface area contributed by atoms with Crippen LogP contribution in [0.15, 0.2) is 90.0 Å². The number of carbonyl (C=O) groups excluding carboxylic acids is 4. The van der Waals surface area contributed by atoms with Crippen molar-refractivity contribution in [2.45, 2.75) is 176 Å². The molecule has 3 saturated heterocycles. The van der Waals surface area contributed by atoms with E-state index in [4.69, 9.17) is 51.2 Å². The number of halogens is 2. The summed E-state index contributed by atoms with van der Waals surface area (Å²) in [5, 5.41) is 16.8. The van der Waals surface area contributed by atoms with Crippen LogP contribution >= 0.6 is 38.5 Å². The number of nitrogen functional groups attached to an aromatic ring is 4. The summed E-state index contributed by atoms with van der Waals surface area (Å²) in [4.78, 5) is 71.2. The predicted octanol–water partition coefficient (Wildman–Crippen LogP) is 11.1. The molecule has 8 aromatic heterocycles. The van der Waals surface area contributed by atoms with Crippen molar-refractivity contribution in [1.29, 1.82) is 0 Å². The van der Waals surface area contributed by atoms with E-state index in [0.717, 1.165) is 71.2 Å². The third-order valence-electron chi connectivity index (χ3n) is 16.6. The van der Waals surface area contributed by atoms with Crippen molar-refractivity contribution in [3.63, 3.8) is 0 Å². The van der Waals surface area contributed by atoms with Gasteiger partial charge in [0, 0.05) is 72.6 Å². The lowest BCUT2D eigenvalue weighted by molar-refractivity contribution is 0.00578. The smallest absolute Gasteiger partial charge is 0.444 e. The number of nitrogens with zero attached hydrogens (tertiary/aromatic N) is 16. The quantitative estimate of drug-likeness (QED) is 0.0722. The third-order valence-corrected chi connectivity index (χ3v) is 18.0. The number of anilines is 4. The van der Waals surface area contributed by atoms with Gasteiger partial charge in [0.1, 0.15) is 74.4 Å². The van der Waals surface area contributed by atoms with Crippen LogP contribution in [0.1, 0.15) is 160 Å². The van der Waals surface area contributed by atoms with Crippen LogP contribution in [-0.2, 0) is 28.3 Å². The zero-order chi connectivity index (χ0) is 72.5. The molecule has 100 heavy (non-hydrogen) atoms. The average Bonchev–Trinajstić information content (AvgIpc) is 1.65. The third kappa shape index (κ3) is 18.7. The van der Waals surface area contributed by atoms with Crippen LogP contribution < -0.4 is 22.9 Å². The second-order valence-electron chi connectivity index (χ2n) is 29.4. The Morgan fingerprint density at radius 1 is 0.530 bits per heavy atom. The lowest BCUT2D eigenvalue weighted by Gasteiger charge is -2.32. The summed E-state index contributed by atoms with van der Waals surface area (Å²) in [6, 6.07) is 13.5. The first-order valence-corrected chi connectivity index (χ1v) is 34.4. The molecule has 0 saturated carbocycles. The van der Waals surface area contributed by atoms with Gasteiger partial charge in [-0.25, -0.2) is 57.2 Å². The monoisotopic (exact) mass is 1560 g/mol. The maximum Gasteiger partial charge on any atom is 0.492 e. The zero-order valence-electron chi connectivity index (χ0n) is 59.1. The maximum atomic E-state index is 12.2. The van der Waals surface area contributed by atoms with E-state index in [-0.39, 0.29) is 62.0 Å². The molecule has 0 bridgehead atoms. The molecule has 2 atom stereocenters. The molecule has 5 aliphatic rings. The number of hydrogen-bond donors (Lipinski definition) is 4. The van der Waals surface area contributed by atoms with Gasteiger partial charge in [0.25, 0.3) is 0 Å². The first kappa shape index (κ1) is 77.2. The first-order valence-electron chi connectivity index (χ1n) is 32.5. The second-order valence-corrected chi connectivity index (χ2v) is 31.4. The molecule has 13 rings (SSSR count). The van der Waals surface area contributed by atoms with E-state index in [9.17, 15) is 19.2 Å². The summed E-state index contributed by atoms with van der Waals surface area (Å²) in [6.07, 6.45) is 10.4. The van der Waals surface area contributed by atoms with E-state index in [1.54, 1.807) is 28.6 Å². The van der Waals surface area contributed by atoms with Crippen molar-refractivity contribution >= 4 is 121 Å². The minimum absolute atomic E-state index is 0. The van der Waals surface area contributed by atoms with E-state index in [1.165, 1.54) is 25.3 Å². The molecular formula is C67H95BBrIN20O10. The molecule has 4 amide bonds. The van der Waals surface area contributed by atoms with Crippen molar-refractivity contribution in [2.75, 3.05) is 75.3 Å². The van der Waals surface area contributed by atoms with Crippen LogP contribution in [0.25, 0.3) is 27.6 Å². The summed E-state index contributed by atoms with van der Waals surface area (Å²) in [5.41, 5.74) is 28.8. The molecule has 8 aromatic rings. The number of aromatic nitrogens is 12. The summed E-state index contributed by atoms with van der Waals surface area (Å²) in [5.74, 6) is 2.30. The molecular weight excluding hydrogens is 1460 g/mol. The zero-order valence-corrected chi connectivity index (χ0v) is 62.9. The van der Waals surface area contributed by atoms with Crippen LogP contribution in [0.4, 0.5) is 42.4 Å². The van der Waals surface area contributed by atoms with Gasteiger partial charge in [-0.3, -0.25) is 0 Å². The fraction of sp³-hybridized carbons (Fsp3) is 0.522. The van der Waals surface area contributed by atoms with Gasteiger partial charge in [0.2, 0.25) is 0 Å². The summed E-state index contributed by atoms with van der Waals surface area (Å²) in [7, 11) is -0.387. The standard InChI is InChI=1S/C15H26BNO4.C15H20IN5O2.C15H21N5O2.C15H19N5O2.C6H5BrN4.CH4/c1-13(2,3)19-12(18)17-9-8-11(10-17)16-20-14(4,5)15(6,7)21-16;1-15(2,3)23-14(22)20-5-4-9(7-20)11-6-10(16)12-13(17)18-8-19-21(11)12;2*1-15(2,3)22-14(21)19-7-6-10(8-19)11-4-5-12-13(16)17-9-18-20(11)12;7-5-2-1-4-6(8)9-3-10-11(4)5;/h8H,9-10H2,1-7H3;6,8-9H,4-5,7H2,1-3H3,(H2,17,18,19);4-5,9-10H,6-8H2,1-3H3,(H2,16,17,18);4-6,9H,7-8H2,1-3H3,(H2,16,17,18);1-3H,(H2,8,9,10);1H4. The van der Waals surface area contributed by atoms with E-state index >= 15 is 0 Å². The number of amides is 4. The van der Waals surface area contributed by atoms with Gasteiger partial charge in [0.15, 0.2) is 23.3 Å². The normalized spacial score (nSPS) is 18.0. The van der Waals surface area contributed by atoms with Gasteiger partial charge in [-0.1, -0.05) is 19.6 Å². The number of nitrogens with two attached hydrogens (primary N) is 4. The van der Waals surface area contributed by atoms with Gasteiger partial charge >= 0.3 is 31.5 Å². The van der Waals surface area contributed by atoms with Crippen LogP contribution in [0.2, 0.25) is 0 Å². The van der Waals surface area contributed by atoms with Crippen molar-refractivity contribution in [3.05, 3.63) is 111 Å². The summed E-state index contributed by atoms with van der Waals surface area (Å²) >= 11 is 5.56. The largest absolute Gasteiger partial charge is 0.492 e. The number of hydrogen-bond acceptors (Lipinski definition) is 22. The summed E-state index contributed by atoms with van der Waals surface area (Å²) < 4.78 is 42.6. The van der Waals surface area contributed by atoms with Crippen LogP contribution in [0.5, 0.6) is 0 Å². The number of fused-ring (bicyclic) bond motifs is 4. The first-order chi connectivity index (χ1) is 46.2. The van der Waals surface area contributed by atoms with E-state index in [0.29, 0.717) is 75.6 Å². The highest BCUT2D eigenvalue weighted by molar-refractivity contribution is 14.1. The van der Waals surface area contributed by atoms with Gasteiger partial charge in [0.05, 0.1) is 23.4 Å². The molecule has 30 nitrogen and oxygen atoms in total. The molecule has 33 heteroatoms. The van der Waals surface area contributed by atoms with Crippen molar-refractivity contribution in [1.82, 2.24) is 78.0 Å². The Morgan fingerprint density at radius 3 is 1.43 bits per heavy atom. The lowest BCUT2D eigenvalue weighted by atomic mass is 9.79. The Bertz CT molecular complexity index is 4290. The SMILES string of the molecule is C.CC(C)(C)OC(=O)N1CC=C(B2OC(C)(C)C(C)(C)O2)C1.CC(C)(C)OC(=O)N1CC=C(c2ccc3c(N)ncnn23)C1.CC(C)(C)OC(=O)N1CCC(c2cc(I)c3c(N)ncnn23)C1.CC(C)(C)OC(=O)N1CCC(c2ccc3c(N)ncnn23)C1.Nc1ncnn2c(Br)ccc12.